The van der Waals surface area contributed by atoms with Crippen LogP contribution >= 0.6 is 34.5 Å². The summed E-state index contributed by atoms with van der Waals surface area (Å²) in [4.78, 5) is 17.8. The van der Waals surface area contributed by atoms with Crippen LogP contribution in [0.1, 0.15) is 49.9 Å². The van der Waals surface area contributed by atoms with Crippen molar-refractivity contribution < 1.29 is 23.0 Å². The van der Waals surface area contributed by atoms with Crippen molar-refractivity contribution in [3.05, 3.63) is 56.5 Å². The highest BCUT2D eigenvalue weighted by Crippen LogP contribution is 2.38. The van der Waals surface area contributed by atoms with Gasteiger partial charge in [-0.25, -0.2) is 18.6 Å². The Morgan fingerprint density at radius 2 is 1.91 bits per heavy atom. The monoisotopic (exact) mass is 531 g/mol. The van der Waals surface area contributed by atoms with Crippen molar-refractivity contribution in [1.29, 1.82) is 0 Å². The molecule has 0 aliphatic rings. The number of hydrogen-bond donors (Lipinski definition) is 1. The van der Waals surface area contributed by atoms with Crippen LogP contribution in [0, 0.1) is 11.6 Å². The van der Waals surface area contributed by atoms with E-state index in [0.29, 0.717) is 16.6 Å². The molecule has 11 heteroatoms. The maximum atomic E-state index is 14.9. The van der Waals surface area contributed by atoms with Gasteiger partial charge in [-0.15, -0.1) is 11.3 Å². The fourth-order valence-electron chi connectivity index (χ4n) is 3.74. The van der Waals surface area contributed by atoms with Crippen molar-refractivity contribution in [3.63, 3.8) is 0 Å². The van der Waals surface area contributed by atoms with Crippen LogP contribution in [0.2, 0.25) is 10.0 Å². The van der Waals surface area contributed by atoms with E-state index >= 15 is 0 Å². The van der Waals surface area contributed by atoms with Crippen LogP contribution in [0.5, 0.6) is 5.75 Å². The Balaban J connectivity index is 1.91. The number of hydrogen-bond acceptors (Lipinski definition) is 6. The minimum Gasteiger partial charge on any atom is -0.483 e. The van der Waals surface area contributed by atoms with Crippen molar-refractivity contribution in [2.24, 2.45) is 5.73 Å². The number of thiazole rings is 1. The number of fused-ring (bicyclic) bond motifs is 1. The Kier molecular flexibility index (Phi) is 8.92. The molecule has 0 aliphatic heterocycles. The number of rotatable bonds is 10. The Hall–Kier alpha value is -2.20. The van der Waals surface area contributed by atoms with E-state index in [2.05, 4.69) is 9.88 Å². The van der Waals surface area contributed by atoms with Gasteiger partial charge in [0.1, 0.15) is 16.9 Å². The smallest absolute Gasteiger partial charge is 0.404 e. The highest BCUT2D eigenvalue weighted by Gasteiger charge is 2.24. The second-order valence-corrected chi connectivity index (χ2v) is 9.36. The summed E-state index contributed by atoms with van der Waals surface area (Å²) in [5, 5.41) is 0.815. The number of aromatic nitrogens is 1. The zero-order valence-corrected chi connectivity index (χ0v) is 21.2. The van der Waals surface area contributed by atoms with Crippen LogP contribution in [0.4, 0.5) is 13.6 Å². The number of carbonyl (C=O) groups is 1. The molecule has 1 aromatic heterocycles. The SMILES string of the molecule is CCN(CC)C(CCOC(N)=O)c1nc2cc(F)c(OC(C)c3c(Cl)ccc(F)c3Cl)cc2s1. The van der Waals surface area contributed by atoms with Crippen LogP contribution in [0.15, 0.2) is 24.3 Å². The van der Waals surface area contributed by atoms with Crippen LogP contribution in [0.3, 0.4) is 0 Å². The van der Waals surface area contributed by atoms with Crippen LogP contribution in [-0.2, 0) is 4.74 Å². The summed E-state index contributed by atoms with van der Waals surface area (Å²) in [5.41, 5.74) is 5.80. The normalized spacial score (nSPS) is 13.3. The van der Waals surface area contributed by atoms with Gasteiger partial charge >= 0.3 is 6.09 Å². The molecule has 2 N–H and O–H groups in total. The molecule has 0 aliphatic carbocycles. The highest BCUT2D eigenvalue weighted by molar-refractivity contribution is 7.18. The number of ether oxygens (including phenoxy) is 2. The van der Waals surface area contributed by atoms with E-state index in [1.165, 1.54) is 23.5 Å². The van der Waals surface area contributed by atoms with Crippen molar-refractivity contribution in [2.75, 3.05) is 19.7 Å². The van der Waals surface area contributed by atoms with Gasteiger partial charge in [0.15, 0.2) is 11.6 Å². The van der Waals surface area contributed by atoms with E-state index in [9.17, 15) is 13.6 Å². The van der Waals surface area contributed by atoms with E-state index in [1.807, 2.05) is 13.8 Å². The zero-order chi connectivity index (χ0) is 25.0. The molecule has 0 radical (unpaired) electrons. The quantitative estimate of drug-likeness (QED) is 0.288. The summed E-state index contributed by atoms with van der Waals surface area (Å²) >= 11 is 13.6. The molecule has 1 heterocycles. The third kappa shape index (κ3) is 5.89. The lowest BCUT2D eigenvalue weighted by atomic mass is 10.1. The first-order valence-electron chi connectivity index (χ1n) is 10.7. The lowest BCUT2D eigenvalue weighted by molar-refractivity contribution is 0.130. The molecule has 2 atom stereocenters. The van der Waals surface area contributed by atoms with Gasteiger partial charge in [0, 0.05) is 29.1 Å². The highest BCUT2D eigenvalue weighted by atomic mass is 35.5. The minimum atomic E-state index is -0.834. The summed E-state index contributed by atoms with van der Waals surface area (Å²) in [6.45, 7) is 7.31. The van der Waals surface area contributed by atoms with Gasteiger partial charge < -0.3 is 15.2 Å². The maximum absolute atomic E-state index is 14.9. The standard InChI is InChI=1S/C23H25Cl2F2N3O3S/c1-4-30(5-2)17(8-9-32-23(28)31)22-29-16-10-15(27)18(11-19(16)34-22)33-12(3)20-13(24)6-7-14(26)21(20)25/h6-7,10-12,17H,4-5,8-9H2,1-3H3,(H2,28,31). The van der Waals surface area contributed by atoms with E-state index in [0.717, 1.165) is 24.2 Å². The molecule has 6 nitrogen and oxygen atoms in total. The molecule has 0 bridgehead atoms. The first kappa shape index (κ1) is 26.4. The average molecular weight is 532 g/mol. The maximum Gasteiger partial charge on any atom is 0.404 e. The summed E-state index contributed by atoms with van der Waals surface area (Å²) in [6.07, 6.45) is -1.15. The summed E-state index contributed by atoms with van der Waals surface area (Å²) in [7, 11) is 0. The molecule has 3 aromatic rings. The van der Waals surface area contributed by atoms with Crippen molar-refractivity contribution in [2.45, 2.75) is 39.3 Å². The number of nitrogens with zero attached hydrogens (tertiary/aromatic N) is 2. The molecule has 34 heavy (non-hydrogen) atoms. The van der Waals surface area contributed by atoms with Gasteiger partial charge in [-0.2, -0.15) is 0 Å². The topological polar surface area (TPSA) is 77.7 Å². The fourth-order valence-corrected chi connectivity index (χ4v) is 5.57. The lowest BCUT2D eigenvalue weighted by Gasteiger charge is -2.27. The number of nitrogens with two attached hydrogens (primary N) is 1. The Bertz CT molecular complexity index is 1170. The molecule has 3 rings (SSSR count). The van der Waals surface area contributed by atoms with Crippen LogP contribution < -0.4 is 10.5 Å². The molecule has 0 saturated carbocycles. The van der Waals surface area contributed by atoms with Crippen molar-refractivity contribution in [1.82, 2.24) is 9.88 Å². The molecule has 0 saturated heterocycles. The third-order valence-electron chi connectivity index (χ3n) is 5.42. The Labute approximate surface area is 210 Å². The second-order valence-electron chi connectivity index (χ2n) is 7.51. The molecule has 0 spiro atoms. The molecule has 2 aromatic carbocycles. The molecule has 184 valence electrons. The van der Waals surface area contributed by atoms with Crippen LogP contribution in [0.25, 0.3) is 10.2 Å². The van der Waals surface area contributed by atoms with E-state index in [-0.39, 0.29) is 34.0 Å². The third-order valence-corrected chi connectivity index (χ3v) is 7.26. The molecule has 0 fully saturated rings. The Morgan fingerprint density at radius 3 is 2.56 bits per heavy atom. The van der Waals surface area contributed by atoms with Crippen molar-refractivity contribution >= 4 is 50.8 Å². The summed E-state index contributed by atoms with van der Waals surface area (Å²) in [5.74, 6) is -1.28. The number of halogens is 4. The fraction of sp³-hybridized carbons (Fsp3) is 0.391. The molecule has 2 unspecified atom stereocenters. The first-order valence-corrected chi connectivity index (χ1v) is 12.3. The van der Waals surface area contributed by atoms with Gasteiger partial charge in [0.05, 0.1) is 27.9 Å². The van der Waals surface area contributed by atoms with Gasteiger partial charge in [-0.05, 0) is 32.1 Å². The largest absolute Gasteiger partial charge is 0.483 e. The lowest BCUT2D eigenvalue weighted by Crippen LogP contribution is -2.30. The Morgan fingerprint density at radius 1 is 1.21 bits per heavy atom. The number of amides is 1. The zero-order valence-electron chi connectivity index (χ0n) is 18.9. The number of benzene rings is 2. The summed E-state index contributed by atoms with van der Waals surface area (Å²) < 4.78 is 40.2. The van der Waals surface area contributed by atoms with E-state index in [4.69, 9.17) is 38.4 Å². The van der Waals surface area contributed by atoms with Crippen molar-refractivity contribution in [3.8, 4) is 5.75 Å². The van der Waals surface area contributed by atoms with E-state index in [1.54, 1.807) is 13.0 Å². The second kappa shape index (κ2) is 11.5. The number of carbonyl (C=O) groups excluding carboxylic acids is 1. The molecule has 1 amide bonds. The molecular weight excluding hydrogens is 507 g/mol. The predicted molar refractivity (Wildman–Crippen MR) is 131 cm³/mol. The minimum absolute atomic E-state index is 0.0250. The summed E-state index contributed by atoms with van der Waals surface area (Å²) in [6, 6.07) is 5.26. The van der Waals surface area contributed by atoms with Gasteiger partial charge in [-0.3, -0.25) is 4.90 Å². The van der Waals surface area contributed by atoms with E-state index < -0.39 is 23.8 Å². The van der Waals surface area contributed by atoms with Gasteiger partial charge in [0.25, 0.3) is 0 Å². The van der Waals surface area contributed by atoms with Gasteiger partial charge in [0.2, 0.25) is 0 Å². The molecular formula is C23H25Cl2F2N3O3S. The first-order chi connectivity index (χ1) is 16.2. The average Bonchev–Trinajstić information content (AvgIpc) is 3.18. The number of primary amides is 1. The van der Waals surface area contributed by atoms with Crippen LogP contribution in [-0.4, -0.2) is 35.7 Å². The predicted octanol–water partition coefficient (Wildman–Crippen LogP) is 6.89. The van der Waals surface area contributed by atoms with Gasteiger partial charge in [-0.1, -0.05) is 37.0 Å².